The Morgan fingerprint density at radius 2 is 2.29 bits per heavy atom. The van der Waals surface area contributed by atoms with Crippen LogP contribution in [0, 0.1) is 5.41 Å². The largest absolute Gasteiger partial charge is 0.379 e. The molecule has 1 saturated heterocycles. The molecule has 0 bridgehead atoms. The predicted octanol–water partition coefficient (Wildman–Crippen LogP) is 1.53. The van der Waals surface area contributed by atoms with E-state index in [4.69, 9.17) is 10.5 Å². The van der Waals surface area contributed by atoms with E-state index in [1.54, 1.807) is 0 Å². The smallest absolute Gasteiger partial charge is 0.148 e. The number of ether oxygens (including phenoxy) is 1. The van der Waals surface area contributed by atoms with E-state index in [-0.39, 0.29) is 11.8 Å². The third-order valence-electron chi connectivity index (χ3n) is 4.52. The number of fused-ring (bicyclic) bond motifs is 1. The molecule has 3 rings (SSSR count). The minimum atomic E-state index is -0.600. The lowest BCUT2D eigenvalue weighted by Gasteiger charge is -2.24. The van der Waals surface area contributed by atoms with Gasteiger partial charge in [-0.1, -0.05) is 18.2 Å². The number of benzene rings is 1. The number of para-hydroxylation sites is 1. The van der Waals surface area contributed by atoms with E-state index in [1.165, 1.54) is 0 Å². The Labute approximate surface area is 124 Å². The molecule has 1 aromatic carbocycles. The lowest BCUT2D eigenvalue weighted by atomic mass is 9.79. The van der Waals surface area contributed by atoms with Crippen LogP contribution in [0.1, 0.15) is 19.5 Å². The van der Waals surface area contributed by atoms with E-state index in [0.717, 1.165) is 23.1 Å². The number of hydrogen-bond donors (Lipinski definition) is 1. The van der Waals surface area contributed by atoms with Crippen molar-refractivity contribution < 1.29 is 9.53 Å². The molecule has 0 spiro atoms. The standard InChI is InChI=1S/C16H21N3O2/c1-3-19-13-7-5-4-6-11(13)12(18-19)8-15(20)16(2)10-21-9-14(16)17/h4-7,14H,3,8-10,17H2,1-2H3. The SMILES string of the molecule is CCn1nc(CC(=O)C2(C)COCC2N)c2ccccc21. The molecular weight excluding hydrogens is 266 g/mol. The minimum Gasteiger partial charge on any atom is -0.379 e. The van der Waals surface area contributed by atoms with Gasteiger partial charge in [0.2, 0.25) is 0 Å². The van der Waals surface area contributed by atoms with Crippen LogP contribution in [0.2, 0.25) is 0 Å². The Bertz CT molecular complexity index is 679. The second kappa shape index (κ2) is 5.24. The highest BCUT2D eigenvalue weighted by Crippen LogP contribution is 2.30. The summed E-state index contributed by atoms with van der Waals surface area (Å²) < 4.78 is 7.31. The van der Waals surface area contributed by atoms with Gasteiger partial charge < -0.3 is 10.5 Å². The normalized spacial score (nSPS) is 25.6. The Hall–Kier alpha value is -1.72. The van der Waals surface area contributed by atoms with Crippen LogP contribution in [0.3, 0.4) is 0 Å². The van der Waals surface area contributed by atoms with E-state index in [9.17, 15) is 4.79 Å². The highest BCUT2D eigenvalue weighted by molar-refractivity contribution is 5.92. The van der Waals surface area contributed by atoms with Crippen molar-refractivity contribution in [3.05, 3.63) is 30.0 Å². The predicted molar refractivity (Wildman–Crippen MR) is 81.0 cm³/mol. The number of aromatic nitrogens is 2. The van der Waals surface area contributed by atoms with Gasteiger partial charge in [-0.2, -0.15) is 5.10 Å². The summed E-state index contributed by atoms with van der Waals surface area (Å²) in [6, 6.07) is 7.79. The molecule has 5 heteroatoms. The van der Waals surface area contributed by atoms with Gasteiger partial charge in [0.25, 0.3) is 0 Å². The number of nitrogens with two attached hydrogens (primary N) is 1. The Balaban J connectivity index is 1.93. The summed E-state index contributed by atoms with van der Waals surface area (Å²) in [7, 11) is 0. The van der Waals surface area contributed by atoms with Crippen LogP contribution in [0.5, 0.6) is 0 Å². The van der Waals surface area contributed by atoms with Crippen molar-refractivity contribution in [1.29, 1.82) is 0 Å². The van der Waals surface area contributed by atoms with Crippen molar-refractivity contribution in [2.45, 2.75) is 32.9 Å². The lowest BCUT2D eigenvalue weighted by molar-refractivity contribution is -0.127. The topological polar surface area (TPSA) is 70.1 Å². The summed E-state index contributed by atoms with van der Waals surface area (Å²) >= 11 is 0. The van der Waals surface area contributed by atoms with Gasteiger partial charge in [-0.15, -0.1) is 0 Å². The summed E-state index contributed by atoms with van der Waals surface area (Å²) in [5.41, 5.74) is 7.34. The average Bonchev–Trinajstić information content (AvgIpc) is 3.01. The van der Waals surface area contributed by atoms with E-state index in [0.29, 0.717) is 19.6 Å². The molecule has 1 aromatic heterocycles. The van der Waals surface area contributed by atoms with Crippen LogP contribution in [0.4, 0.5) is 0 Å². The van der Waals surface area contributed by atoms with Crippen LogP contribution < -0.4 is 5.73 Å². The molecule has 2 heterocycles. The van der Waals surface area contributed by atoms with E-state index >= 15 is 0 Å². The molecule has 2 atom stereocenters. The van der Waals surface area contributed by atoms with Crippen LogP contribution in [-0.2, 0) is 22.5 Å². The molecule has 1 fully saturated rings. The molecule has 0 amide bonds. The van der Waals surface area contributed by atoms with Gasteiger partial charge in [0.1, 0.15) is 5.78 Å². The zero-order valence-corrected chi connectivity index (χ0v) is 12.5. The van der Waals surface area contributed by atoms with Crippen LogP contribution in [-0.4, -0.2) is 34.8 Å². The van der Waals surface area contributed by atoms with Crippen LogP contribution in [0.25, 0.3) is 10.9 Å². The van der Waals surface area contributed by atoms with Gasteiger partial charge in [-0.3, -0.25) is 9.48 Å². The van der Waals surface area contributed by atoms with Gasteiger partial charge in [-0.05, 0) is 19.9 Å². The van der Waals surface area contributed by atoms with Crippen LogP contribution in [0.15, 0.2) is 24.3 Å². The number of hydrogen-bond acceptors (Lipinski definition) is 4. The maximum absolute atomic E-state index is 12.7. The van der Waals surface area contributed by atoms with E-state index in [2.05, 4.69) is 5.10 Å². The first-order valence-electron chi connectivity index (χ1n) is 7.37. The molecule has 0 aliphatic carbocycles. The zero-order chi connectivity index (χ0) is 15.0. The van der Waals surface area contributed by atoms with E-state index in [1.807, 2.05) is 42.8 Å². The molecule has 2 aromatic rings. The quantitative estimate of drug-likeness (QED) is 0.926. The fraction of sp³-hybridized carbons (Fsp3) is 0.500. The second-order valence-electron chi connectivity index (χ2n) is 5.92. The maximum atomic E-state index is 12.7. The van der Waals surface area contributed by atoms with Crippen molar-refractivity contribution in [3.8, 4) is 0 Å². The second-order valence-corrected chi connectivity index (χ2v) is 5.92. The number of rotatable bonds is 4. The van der Waals surface area contributed by atoms with Gasteiger partial charge in [0, 0.05) is 18.0 Å². The zero-order valence-electron chi connectivity index (χ0n) is 12.5. The van der Waals surface area contributed by atoms with Crippen LogP contribution >= 0.6 is 0 Å². The minimum absolute atomic E-state index is 0.110. The Morgan fingerprint density at radius 1 is 1.52 bits per heavy atom. The van der Waals surface area contributed by atoms with Gasteiger partial charge in [-0.25, -0.2) is 0 Å². The molecule has 1 aliphatic rings. The maximum Gasteiger partial charge on any atom is 0.148 e. The third kappa shape index (κ3) is 2.26. The third-order valence-corrected chi connectivity index (χ3v) is 4.52. The molecular formula is C16H21N3O2. The van der Waals surface area contributed by atoms with E-state index < -0.39 is 5.41 Å². The number of aryl methyl sites for hydroxylation is 1. The molecule has 21 heavy (non-hydrogen) atoms. The van der Waals surface area contributed by atoms with Crippen molar-refractivity contribution in [2.75, 3.05) is 13.2 Å². The summed E-state index contributed by atoms with van der Waals surface area (Å²) in [5, 5.41) is 5.63. The fourth-order valence-corrected chi connectivity index (χ4v) is 2.90. The summed E-state index contributed by atoms with van der Waals surface area (Å²) in [6.07, 6.45) is 0.307. The molecule has 0 radical (unpaired) electrons. The Morgan fingerprint density at radius 3 is 2.95 bits per heavy atom. The molecule has 5 nitrogen and oxygen atoms in total. The van der Waals surface area contributed by atoms with Crippen molar-refractivity contribution in [1.82, 2.24) is 9.78 Å². The molecule has 1 aliphatic heterocycles. The monoisotopic (exact) mass is 287 g/mol. The summed E-state index contributed by atoms with van der Waals surface area (Å²) in [5.74, 6) is 0.110. The highest BCUT2D eigenvalue weighted by Gasteiger charge is 2.44. The first-order valence-corrected chi connectivity index (χ1v) is 7.37. The number of carbonyl (C=O) groups excluding carboxylic acids is 1. The first-order chi connectivity index (χ1) is 10.1. The highest BCUT2D eigenvalue weighted by atomic mass is 16.5. The number of ketones is 1. The number of nitrogens with zero attached hydrogens (tertiary/aromatic N) is 2. The van der Waals surface area contributed by atoms with Crippen molar-refractivity contribution >= 4 is 16.7 Å². The van der Waals surface area contributed by atoms with Crippen molar-refractivity contribution in [2.24, 2.45) is 11.1 Å². The summed E-state index contributed by atoms with van der Waals surface area (Å²) in [4.78, 5) is 12.7. The summed E-state index contributed by atoms with van der Waals surface area (Å²) in [6.45, 7) is 5.58. The van der Waals surface area contributed by atoms with Gasteiger partial charge >= 0.3 is 0 Å². The Kier molecular flexibility index (Phi) is 3.55. The average molecular weight is 287 g/mol. The molecule has 112 valence electrons. The fourth-order valence-electron chi connectivity index (χ4n) is 2.90. The van der Waals surface area contributed by atoms with Gasteiger partial charge in [0.15, 0.2) is 0 Å². The van der Waals surface area contributed by atoms with Gasteiger partial charge in [0.05, 0.1) is 36.3 Å². The first kappa shape index (κ1) is 14.2. The number of carbonyl (C=O) groups is 1. The molecule has 0 saturated carbocycles. The lowest BCUT2D eigenvalue weighted by Crippen LogP contribution is -2.45. The number of Topliss-reactive ketones (excluding diaryl/α,β-unsaturated/α-hetero) is 1. The molecule has 2 N–H and O–H groups in total. The molecule has 2 unspecified atom stereocenters. The van der Waals surface area contributed by atoms with Crippen molar-refractivity contribution in [3.63, 3.8) is 0 Å².